The molecular formula is C14H18O2S2. The van der Waals surface area contributed by atoms with Gasteiger partial charge in [-0.3, -0.25) is 0 Å². The topological polar surface area (TPSA) is 18.5 Å². The summed E-state index contributed by atoms with van der Waals surface area (Å²) in [5.41, 5.74) is 2.50. The molecule has 4 heteroatoms. The lowest BCUT2D eigenvalue weighted by Crippen LogP contribution is -2.02. The van der Waals surface area contributed by atoms with E-state index < -0.39 is 0 Å². The highest BCUT2D eigenvalue weighted by Gasteiger charge is 2.22. The first kappa shape index (κ1) is 12.9. The normalized spacial score (nSPS) is 25.1. The smallest absolute Gasteiger partial charge is 0.0717 e. The maximum atomic E-state index is 5.65. The SMILES string of the molecule is c1cc(COCC2CS2)ccc1COCC1CS1. The molecule has 2 heterocycles. The Balaban J connectivity index is 1.36. The molecule has 3 rings (SSSR count). The third kappa shape index (κ3) is 4.50. The predicted molar refractivity (Wildman–Crippen MR) is 78.2 cm³/mol. The van der Waals surface area contributed by atoms with Gasteiger partial charge in [-0.15, -0.1) is 0 Å². The second-order valence-electron chi connectivity index (χ2n) is 4.76. The van der Waals surface area contributed by atoms with E-state index in [0.717, 1.165) is 36.9 Å². The van der Waals surface area contributed by atoms with Crippen LogP contribution in [0.4, 0.5) is 0 Å². The van der Waals surface area contributed by atoms with Gasteiger partial charge in [0.15, 0.2) is 0 Å². The fourth-order valence-electron chi connectivity index (χ4n) is 1.68. The van der Waals surface area contributed by atoms with Crippen molar-refractivity contribution in [2.45, 2.75) is 23.7 Å². The molecule has 2 saturated heterocycles. The second-order valence-corrected chi connectivity index (χ2v) is 7.42. The minimum absolute atomic E-state index is 0.733. The van der Waals surface area contributed by atoms with Crippen molar-refractivity contribution in [3.05, 3.63) is 35.4 Å². The van der Waals surface area contributed by atoms with Crippen molar-refractivity contribution < 1.29 is 9.47 Å². The summed E-state index contributed by atoms with van der Waals surface area (Å²) in [6.07, 6.45) is 0. The summed E-state index contributed by atoms with van der Waals surface area (Å²) in [4.78, 5) is 0. The molecule has 2 aliphatic heterocycles. The van der Waals surface area contributed by atoms with E-state index in [1.807, 2.05) is 23.5 Å². The van der Waals surface area contributed by atoms with Gasteiger partial charge < -0.3 is 9.47 Å². The Morgan fingerprint density at radius 3 is 1.56 bits per heavy atom. The summed E-state index contributed by atoms with van der Waals surface area (Å²) < 4.78 is 11.3. The predicted octanol–water partition coefficient (Wildman–Crippen LogP) is 2.95. The molecular weight excluding hydrogens is 264 g/mol. The van der Waals surface area contributed by atoms with Crippen LogP contribution < -0.4 is 0 Å². The number of benzene rings is 1. The van der Waals surface area contributed by atoms with Gasteiger partial charge in [0.2, 0.25) is 0 Å². The lowest BCUT2D eigenvalue weighted by molar-refractivity contribution is 0.126. The third-order valence-corrected chi connectivity index (χ3v) is 4.85. The summed E-state index contributed by atoms with van der Waals surface area (Å²) in [7, 11) is 0. The lowest BCUT2D eigenvalue weighted by Gasteiger charge is -2.06. The van der Waals surface area contributed by atoms with E-state index in [1.165, 1.54) is 22.6 Å². The summed E-state index contributed by atoms with van der Waals surface area (Å²) in [6, 6.07) is 8.57. The molecule has 0 aliphatic carbocycles. The first-order valence-electron chi connectivity index (χ1n) is 6.36. The van der Waals surface area contributed by atoms with Crippen molar-refractivity contribution >= 4 is 23.5 Å². The van der Waals surface area contributed by atoms with Gasteiger partial charge in [-0.25, -0.2) is 0 Å². The molecule has 0 amide bonds. The molecule has 2 aliphatic rings. The van der Waals surface area contributed by atoms with Gasteiger partial charge in [0.25, 0.3) is 0 Å². The van der Waals surface area contributed by atoms with Crippen LogP contribution in [0.25, 0.3) is 0 Å². The van der Waals surface area contributed by atoms with E-state index in [0.29, 0.717) is 0 Å². The minimum atomic E-state index is 0.733. The molecule has 2 atom stereocenters. The van der Waals surface area contributed by atoms with Crippen LogP contribution in [0, 0.1) is 0 Å². The number of hydrogen-bond donors (Lipinski definition) is 0. The van der Waals surface area contributed by atoms with Gasteiger partial charge in [0.05, 0.1) is 26.4 Å². The number of hydrogen-bond acceptors (Lipinski definition) is 4. The summed E-state index contributed by atoms with van der Waals surface area (Å²) in [5, 5.41) is 1.52. The zero-order chi connectivity index (χ0) is 12.2. The van der Waals surface area contributed by atoms with E-state index in [1.54, 1.807) is 0 Å². The lowest BCUT2D eigenvalue weighted by atomic mass is 10.1. The maximum Gasteiger partial charge on any atom is 0.0717 e. The molecule has 2 fully saturated rings. The van der Waals surface area contributed by atoms with Crippen LogP contribution >= 0.6 is 23.5 Å². The van der Waals surface area contributed by atoms with Crippen LogP contribution in [0.3, 0.4) is 0 Å². The van der Waals surface area contributed by atoms with Crippen molar-refractivity contribution in [2.24, 2.45) is 0 Å². The van der Waals surface area contributed by atoms with Crippen LogP contribution in [0.5, 0.6) is 0 Å². The van der Waals surface area contributed by atoms with Crippen LogP contribution in [0.2, 0.25) is 0 Å². The highest BCUT2D eigenvalue weighted by Crippen LogP contribution is 2.30. The van der Waals surface area contributed by atoms with Crippen molar-refractivity contribution in [2.75, 3.05) is 24.7 Å². The van der Waals surface area contributed by atoms with Gasteiger partial charge in [-0.1, -0.05) is 24.3 Å². The average Bonchev–Trinajstić information content (AvgIpc) is 3.25. The standard InChI is InChI=1S/C14H18O2S2/c1-2-12(6-16-8-14-10-18-14)4-3-11(1)5-15-7-13-9-17-13/h1-4,13-14H,5-10H2. The van der Waals surface area contributed by atoms with Crippen LogP contribution in [-0.2, 0) is 22.7 Å². The Labute approximate surface area is 117 Å². The molecule has 18 heavy (non-hydrogen) atoms. The minimum Gasteiger partial charge on any atom is -0.376 e. The maximum absolute atomic E-state index is 5.65. The van der Waals surface area contributed by atoms with E-state index in [9.17, 15) is 0 Å². The van der Waals surface area contributed by atoms with Gasteiger partial charge in [-0.2, -0.15) is 23.5 Å². The quantitative estimate of drug-likeness (QED) is 0.682. The van der Waals surface area contributed by atoms with Crippen molar-refractivity contribution in [3.63, 3.8) is 0 Å². The molecule has 1 aromatic carbocycles. The van der Waals surface area contributed by atoms with E-state index in [2.05, 4.69) is 24.3 Å². The first-order chi connectivity index (χ1) is 8.90. The van der Waals surface area contributed by atoms with Crippen LogP contribution in [0.15, 0.2) is 24.3 Å². The first-order valence-corrected chi connectivity index (χ1v) is 8.46. The van der Waals surface area contributed by atoms with Gasteiger partial charge in [0, 0.05) is 22.0 Å². The molecule has 0 bridgehead atoms. The van der Waals surface area contributed by atoms with Gasteiger partial charge in [0.1, 0.15) is 0 Å². The Hall–Kier alpha value is -0.160. The number of rotatable bonds is 8. The molecule has 0 spiro atoms. The van der Waals surface area contributed by atoms with Crippen LogP contribution in [0.1, 0.15) is 11.1 Å². The van der Waals surface area contributed by atoms with Crippen molar-refractivity contribution in [1.82, 2.24) is 0 Å². The zero-order valence-electron chi connectivity index (χ0n) is 10.3. The average molecular weight is 282 g/mol. The molecule has 0 radical (unpaired) electrons. The Morgan fingerprint density at radius 1 is 0.833 bits per heavy atom. The largest absolute Gasteiger partial charge is 0.376 e. The van der Waals surface area contributed by atoms with Gasteiger partial charge >= 0.3 is 0 Å². The second kappa shape index (κ2) is 6.33. The van der Waals surface area contributed by atoms with Crippen molar-refractivity contribution in [1.29, 1.82) is 0 Å². The fourth-order valence-corrected chi connectivity index (χ4v) is 2.53. The Kier molecular flexibility index (Phi) is 4.52. The third-order valence-electron chi connectivity index (χ3n) is 2.97. The number of ether oxygens (including phenoxy) is 2. The van der Waals surface area contributed by atoms with E-state index >= 15 is 0 Å². The van der Waals surface area contributed by atoms with Crippen molar-refractivity contribution in [3.8, 4) is 0 Å². The molecule has 0 saturated carbocycles. The highest BCUT2D eigenvalue weighted by molar-refractivity contribution is 8.07. The Morgan fingerprint density at radius 2 is 1.22 bits per heavy atom. The van der Waals surface area contributed by atoms with E-state index in [4.69, 9.17) is 9.47 Å². The summed E-state index contributed by atoms with van der Waals surface area (Å²) in [6.45, 7) is 3.26. The fraction of sp³-hybridized carbons (Fsp3) is 0.571. The number of thioether (sulfide) groups is 2. The highest BCUT2D eigenvalue weighted by atomic mass is 32.2. The molecule has 2 unspecified atom stereocenters. The molecule has 0 aromatic heterocycles. The zero-order valence-corrected chi connectivity index (χ0v) is 12.0. The summed E-state index contributed by atoms with van der Waals surface area (Å²) in [5.74, 6) is 2.55. The van der Waals surface area contributed by atoms with Gasteiger partial charge in [-0.05, 0) is 11.1 Å². The molecule has 1 aromatic rings. The molecule has 2 nitrogen and oxygen atoms in total. The summed E-state index contributed by atoms with van der Waals surface area (Å²) >= 11 is 3.96. The van der Waals surface area contributed by atoms with E-state index in [-0.39, 0.29) is 0 Å². The molecule has 0 N–H and O–H groups in total. The van der Waals surface area contributed by atoms with Crippen LogP contribution in [-0.4, -0.2) is 35.2 Å². The molecule has 98 valence electrons. The monoisotopic (exact) mass is 282 g/mol. The Bertz CT molecular complexity index is 335.